The third-order valence-electron chi connectivity index (χ3n) is 3.84. The number of hydrogen-bond donors (Lipinski definition) is 1. The van der Waals surface area contributed by atoms with Gasteiger partial charge in [0.15, 0.2) is 0 Å². The first-order valence-electron chi connectivity index (χ1n) is 7.02. The summed E-state index contributed by atoms with van der Waals surface area (Å²) in [5.41, 5.74) is 0.952. The van der Waals surface area contributed by atoms with E-state index in [1.165, 1.54) is 24.3 Å². The van der Waals surface area contributed by atoms with Crippen LogP contribution in [0.1, 0.15) is 17.9 Å². The van der Waals surface area contributed by atoms with Crippen molar-refractivity contribution >= 4 is 15.5 Å². The van der Waals surface area contributed by atoms with E-state index >= 15 is 0 Å². The van der Waals surface area contributed by atoms with E-state index in [2.05, 4.69) is 5.32 Å². The number of nitrogens with one attached hydrogen (secondary N) is 1. The number of alkyl halides is 2. The van der Waals surface area contributed by atoms with Crippen LogP contribution in [0.4, 0.5) is 18.9 Å². The van der Waals surface area contributed by atoms with Gasteiger partial charge in [0.2, 0.25) is 9.84 Å². The summed E-state index contributed by atoms with van der Waals surface area (Å²) in [7, 11) is -4.67. The van der Waals surface area contributed by atoms with Crippen LogP contribution >= 0.6 is 0 Å². The molecule has 2 atom stereocenters. The van der Waals surface area contributed by atoms with Crippen molar-refractivity contribution in [2.24, 2.45) is 0 Å². The maximum Gasteiger partial charge on any atom is 0.341 e. The highest BCUT2D eigenvalue weighted by molar-refractivity contribution is 7.91. The minimum Gasteiger partial charge on any atom is -0.381 e. The third-order valence-corrected chi connectivity index (χ3v) is 5.27. The average molecular weight is 341 g/mol. The van der Waals surface area contributed by atoms with Crippen molar-refractivity contribution in [3.8, 4) is 0 Å². The van der Waals surface area contributed by atoms with Crippen molar-refractivity contribution in [2.45, 2.75) is 29.0 Å². The van der Waals surface area contributed by atoms with Crippen LogP contribution < -0.4 is 5.32 Å². The molecule has 0 heterocycles. The van der Waals surface area contributed by atoms with Gasteiger partial charge in [0, 0.05) is 12.0 Å². The highest BCUT2D eigenvalue weighted by atomic mass is 32.2. The van der Waals surface area contributed by atoms with Gasteiger partial charge in [-0.15, -0.1) is 0 Å². The van der Waals surface area contributed by atoms with E-state index < -0.39 is 20.5 Å². The molecule has 0 saturated heterocycles. The summed E-state index contributed by atoms with van der Waals surface area (Å²) < 4.78 is 62.2. The monoisotopic (exact) mass is 341 g/mol. The second kappa shape index (κ2) is 5.88. The van der Waals surface area contributed by atoms with Crippen LogP contribution in [0.2, 0.25) is 0 Å². The van der Waals surface area contributed by atoms with Crippen LogP contribution in [-0.4, -0.2) is 20.2 Å². The molecule has 0 bridgehead atoms. The van der Waals surface area contributed by atoms with Crippen LogP contribution in [0, 0.1) is 5.82 Å². The van der Waals surface area contributed by atoms with Gasteiger partial charge < -0.3 is 5.32 Å². The van der Waals surface area contributed by atoms with Gasteiger partial charge in [-0.1, -0.05) is 24.3 Å². The highest BCUT2D eigenvalue weighted by Crippen LogP contribution is 2.43. The molecular weight excluding hydrogens is 327 g/mol. The Labute approximate surface area is 132 Å². The van der Waals surface area contributed by atoms with Gasteiger partial charge in [-0.3, -0.25) is 0 Å². The van der Waals surface area contributed by atoms with Crippen molar-refractivity contribution in [3.63, 3.8) is 0 Å². The number of rotatable bonds is 5. The predicted octanol–water partition coefficient (Wildman–Crippen LogP) is 3.79. The smallest absolute Gasteiger partial charge is 0.341 e. The molecule has 1 fully saturated rings. The molecule has 7 heteroatoms. The molecule has 1 aliphatic rings. The van der Waals surface area contributed by atoms with Gasteiger partial charge in [0.05, 0.1) is 10.6 Å². The van der Waals surface area contributed by atoms with Crippen molar-refractivity contribution in [3.05, 3.63) is 59.9 Å². The first kappa shape index (κ1) is 15.9. The zero-order valence-electron chi connectivity index (χ0n) is 11.9. The van der Waals surface area contributed by atoms with Crippen LogP contribution in [-0.2, 0) is 9.84 Å². The topological polar surface area (TPSA) is 46.2 Å². The van der Waals surface area contributed by atoms with E-state index in [1.807, 2.05) is 0 Å². The van der Waals surface area contributed by atoms with Crippen LogP contribution in [0.25, 0.3) is 0 Å². The fourth-order valence-electron chi connectivity index (χ4n) is 2.59. The lowest BCUT2D eigenvalue weighted by atomic mass is 10.1. The van der Waals surface area contributed by atoms with Gasteiger partial charge in [-0.25, -0.2) is 12.8 Å². The molecule has 0 spiro atoms. The van der Waals surface area contributed by atoms with Gasteiger partial charge in [-0.05, 0) is 36.2 Å². The molecule has 1 N–H and O–H groups in total. The van der Waals surface area contributed by atoms with E-state index in [9.17, 15) is 21.6 Å². The summed E-state index contributed by atoms with van der Waals surface area (Å²) in [4.78, 5) is -0.417. The summed E-state index contributed by atoms with van der Waals surface area (Å²) >= 11 is 0. The second-order valence-corrected chi connectivity index (χ2v) is 7.34. The van der Waals surface area contributed by atoms with Gasteiger partial charge in [-0.2, -0.15) is 8.78 Å². The molecule has 3 nitrogen and oxygen atoms in total. The molecule has 23 heavy (non-hydrogen) atoms. The third kappa shape index (κ3) is 3.19. The fourth-order valence-corrected chi connectivity index (χ4v) is 3.48. The van der Waals surface area contributed by atoms with E-state index in [0.717, 1.165) is 11.6 Å². The summed E-state index contributed by atoms with van der Waals surface area (Å²) in [6.07, 6.45) is 0.687. The summed E-state index contributed by atoms with van der Waals surface area (Å²) in [6.45, 7) is 0. The Morgan fingerprint density at radius 1 is 1.09 bits per heavy atom. The Bertz CT molecular complexity index is 824. The molecule has 0 unspecified atom stereocenters. The number of anilines is 1. The molecule has 0 aromatic heterocycles. The largest absolute Gasteiger partial charge is 0.381 e. The molecule has 0 amide bonds. The standard InChI is InChI=1S/C16H14F3NO2S/c17-11-5-3-4-10(8-11)12-9-14(12)20-13-6-1-2-7-15(13)23(21,22)16(18)19/h1-8,12,14,16,20H,9H2/t12-,14+/m0/s1. The zero-order valence-corrected chi connectivity index (χ0v) is 12.7. The molecule has 1 saturated carbocycles. The van der Waals surface area contributed by atoms with E-state index in [1.54, 1.807) is 18.2 Å². The summed E-state index contributed by atoms with van der Waals surface area (Å²) in [5.74, 6) is -3.77. The maximum absolute atomic E-state index is 13.2. The second-order valence-electron chi connectivity index (χ2n) is 5.45. The molecule has 1 aliphatic carbocycles. The lowest BCUT2D eigenvalue weighted by molar-refractivity contribution is 0.235. The Hall–Kier alpha value is -2.02. The molecule has 2 aromatic rings. The Kier molecular flexibility index (Phi) is 4.06. The molecule has 122 valence electrons. The number of benzene rings is 2. The minimum atomic E-state index is -4.67. The SMILES string of the molecule is O=S(=O)(c1ccccc1N[C@@H]1C[C@H]1c1cccc(F)c1)C(F)F. The van der Waals surface area contributed by atoms with E-state index in [-0.39, 0.29) is 23.5 Å². The van der Waals surface area contributed by atoms with E-state index in [4.69, 9.17) is 0 Å². The van der Waals surface area contributed by atoms with Crippen LogP contribution in [0.15, 0.2) is 53.4 Å². The van der Waals surface area contributed by atoms with E-state index in [0.29, 0.717) is 6.42 Å². The summed E-state index contributed by atoms with van der Waals surface area (Å²) in [5, 5.41) is 2.98. The Balaban J connectivity index is 1.81. The normalized spacial score (nSPS) is 20.5. The minimum absolute atomic E-state index is 0.0352. The van der Waals surface area contributed by atoms with Gasteiger partial charge in [0.1, 0.15) is 5.82 Å². The van der Waals surface area contributed by atoms with Crippen molar-refractivity contribution < 1.29 is 21.6 Å². The predicted molar refractivity (Wildman–Crippen MR) is 80.8 cm³/mol. The van der Waals surface area contributed by atoms with Crippen molar-refractivity contribution in [1.29, 1.82) is 0 Å². The Morgan fingerprint density at radius 2 is 1.83 bits per heavy atom. The molecule has 0 aliphatic heterocycles. The number of halogens is 3. The lowest BCUT2D eigenvalue weighted by Crippen LogP contribution is -2.15. The molecule has 2 aromatic carbocycles. The van der Waals surface area contributed by atoms with Crippen LogP contribution in [0.5, 0.6) is 0 Å². The average Bonchev–Trinajstić information content (AvgIpc) is 3.27. The molecular formula is C16H14F3NO2S. The van der Waals surface area contributed by atoms with Crippen molar-refractivity contribution in [1.82, 2.24) is 0 Å². The quantitative estimate of drug-likeness (QED) is 0.900. The van der Waals surface area contributed by atoms with Gasteiger partial charge in [0.25, 0.3) is 0 Å². The molecule has 0 radical (unpaired) electrons. The summed E-state index contributed by atoms with van der Waals surface area (Å²) in [6, 6.07) is 11.6. The number of hydrogen-bond acceptors (Lipinski definition) is 3. The Morgan fingerprint density at radius 3 is 2.52 bits per heavy atom. The fraction of sp³-hybridized carbons (Fsp3) is 0.250. The maximum atomic E-state index is 13.2. The van der Waals surface area contributed by atoms with Crippen LogP contribution in [0.3, 0.4) is 0 Å². The lowest BCUT2D eigenvalue weighted by Gasteiger charge is -2.12. The molecule has 3 rings (SSSR count). The highest BCUT2D eigenvalue weighted by Gasteiger charge is 2.39. The number of sulfone groups is 1. The zero-order chi connectivity index (χ0) is 16.6. The van der Waals surface area contributed by atoms with Crippen molar-refractivity contribution in [2.75, 3.05) is 5.32 Å². The number of para-hydroxylation sites is 1. The van der Waals surface area contributed by atoms with Gasteiger partial charge >= 0.3 is 5.76 Å². The first-order valence-corrected chi connectivity index (χ1v) is 8.57. The first-order chi connectivity index (χ1) is 10.9.